The maximum atomic E-state index is 5.73. The lowest BCUT2D eigenvalue weighted by Crippen LogP contribution is -2.15. The summed E-state index contributed by atoms with van der Waals surface area (Å²) in [6.07, 6.45) is 1.83. The van der Waals surface area contributed by atoms with Crippen molar-refractivity contribution in [3.63, 3.8) is 0 Å². The Balaban J connectivity index is 2.31. The van der Waals surface area contributed by atoms with Crippen LogP contribution in [0.5, 0.6) is 0 Å². The van der Waals surface area contributed by atoms with Crippen molar-refractivity contribution in [3.8, 4) is 0 Å². The Hall–Kier alpha value is -1.06. The molecule has 0 fully saturated rings. The molecule has 80 valence electrons. The lowest BCUT2D eigenvalue weighted by Gasteiger charge is -2.12. The van der Waals surface area contributed by atoms with Crippen molar-refractivity contribution in [1.29, 1.82) is 0 Å². The molecule has 4 heteroatoms. The third-order valence-corrected chi connectivity index (χ3v) is 2.85. The Morgan fingerprint density at radius 2 is 2.27 bits per heavy atom. The minimum Gasteiger partial charge on any atom is -0.334 e. The van der Waals surface area contributed by atoms with Gasteiger partial charge in [-0.2, -0.15) is 0 Å². The molecule has 1 aromatic heterocycles. The third-order valence-electron chi connectivity index (χ3n) is 2.45. The number of aryl methyl sites for hydroxylation is 1. The van der Waals surface area contributed by atoms with E-state index in [4.69, 9.17) is 11.6 Å². The number of hydrogen-bond acceptors (Lipinski definition) is 2. The fourth-order valence-electron chi connectivity index (χ4n) is 1.63. The monoisotopic (exact) mass is 223 g/mol. The molecule has 0 radical (unpaired) electrons. The lowest BCUT2D eigenvalue weighted by molar-refractivity contribution is 0.382. The van der Waals surface area contributed by atoms with Gasteiger partial charge in [0.1, 0.15) is 0 Å². The summed E-state index contributed by atoms with van der Waals surface area (Å²) >= 11 is 5.73. The molecule has 0 bridgehead atoms. The zero-order chi connectivity index (χ0) is 10.8. The maximum absolute atomic E-state index is 5.73. The van der Waals surface area contributed by atoms with Gasteiger partial charge in [0.25, 0.3) is 0 Å². The fourth-order valence-corrected chi connectivity index (χ4v) is 1.72. The topological polar surface area (TPSA) is 21.1 Å². The molecule has 1 heterocycles. The molecule has 15 heavy (non-hydrogen) atoms. The van der Waals surface area contributed by atoms with Gasteiger partial charge in [-0.3, -0.25) is 4.90 Å². The summed E-state index contributed by atoms with van der Waals surface area (Å²) in [6.45, 7) is 0.857. The maximum Gasteiger partial charge on any atom is 0.0955 e. The lowest BCUT2D eigenvalue weighted by atomic mass is 10.2. The molecule has 0 atom stereocenters. The minimum atomic E-state index is 0.542. The quantitative estimate of drug-likeness (QED) is 0.588. The van der Waals surface area contributed by atoms with Crippen LogP contribution >= 0.6 is 11.6 Å². The summed E-state index contributed by atoms with van der Waals surface area (Å²) in [5.74, 6) is 0. The number of rotatable bonds is 3. The van der Waals surface area contributed by atoms with Crippen LogP contribution < -0.4 is 0 Å². The predicted molar refractivity (Wildman–Crippen MR) is 62.9 cm³/mol. The molecule has 0 spiro atoms. The van der Waals surface area contributed by atoms with Gasteiger partial charge in [0.05, 0.1) is 23.4 Å². The van der Waals surface area contributed by atoms with Gasteiger partial charge in [0.2, 0.25) is 0 Å². The Labute approximate surface area is 94.3 Å². The highest BCUT2D eigenvalue weighted by Gasteiger charge is 2.02. The van der Waals surface area contributed by atoms with Crippen LogP contribution in [0.25, 0.3) is 11.0 Å². The van der Waals surface area contributed by atoms with E-state index in [1.807, 2.05) is 29.9 Å². The first-order chi connectivity index (χ1) is 7.20. The number of alkyl halides is 1. The van der Waals surface area contributed by atoms with Crippen LogP contribution in [0.15, 0.2) is 24.5 Å². The van der Waals surface area contributed by atoms with Crippen LogP contribution in [0, 0.1) is 0 Å². The molecular weight excluding hydrogens is 210 g/mol. The zero-order valence-corrected chi connectivity index (χ0v) is 9.70. The van der Waals surface area contributed by atoms with Gasteiger partial charge in [-0.1, -0.05) is 6.07 Å². The van der Waals surface area contributed by atoms with Crippen molar-refractivity contribution >= 4 is 22.6 Å². The summed E-state index contributed by atoms with van der Waals surface area (Å²) in [5, 5.41) is 0. The Morgan fingerprint density at radius 3 is 3.00 bits per heavy atom. The predicted octanol–water partition coefficient (Wildman–Crippen LogP) is 2.20. The molecule has 1 aromatic carbocycles. The molecule has 0 saturated heterocycles. The number of nitrogens with zero attached hydrogens (tertiary/aromatic N) is 3. The van der Waals surface area contributed by atoms with E-state index in [1.165, 1.54) is 5.56 Å². The van der Waals surface area contributed by atoms with E-state index in [9.17, 15) is 0 Å². The molecule has 0 amide bonds. The molecule has 0 N–H and O–H groups in total. The molecule has 2 rings (SSSR count). The molecule has 3 nitrogen and oxygen atoms in total. The highest BCUT2D eigenvalue weighted by molar-refractivity contribution is 6.17. The summed E-state index contributed by atoms with van der Waals surface area (Å²) in [7, 11) is 4.00. The number of hydrogen-bond donors (Lipinski definition) is 0. The highest BCUT2D eigenvalue weighted by Crippen LogP contribution is 2.14. The minimum absolute atomic E-state index is 0.542. The molecule has 0 aliphatic carbocycles. The van der Waals surface area contributed by atoms with Crippen molar-refractivity contribution in [2.75, 3.05) is 13.1 Å². The number of aromatic nitrogens is 2. The van der Waals surface area contributed by atoms with Gasteiger partial charge < -0.3 is 4.57 Å². The van der Waals surface area contributed by atoms with Crippen molar-refractivity contribution in [1.82, 2.24) is 14.5 Å². The van der Waals surface area contributed by atoms with Gasteiger partial charge in [-0.25, -0.2) is 4.98 Å². The van der Waals surface area contributed by atoms with E-state index in [-0.39, 0.29) is 0 Å². The summed E-state index contributed by atoms with van der Waals surface area (Å²) in [6, 6.07) is 6.87. The van der Waals surface area contributed by atoms with Gasteiger partial charge in [-0.15, -0.1) is 11.6 Å². The SMILES string of the molecule is CN(CCl)Cc1ccc2c(c1)ncn2C. The molecule has 0 unspecified atom stereocenters. The Bertz CT molecular complexity index is 464. The normalized spacial score (nSPS) is 11.5. The first-order valence-corrected chi connectivity index (χ1v) is 5.38. The van der Waals surface area contributed by atoms with Gasteiger partial charge in [-0.05, 0) is 24.7 Å². The standard InChI is InChI=1S/C11H14ClN3/c1-14(7-12)6-9-3-4-11-10(5-9)13-8-15(11)2/h3-5,8H,6-7H2,1-2H3. The van der Waals surface area contributed by atoms with Crippen LogP contribution in [0.2, 0.25) is 0 Å². The van der Waals surface area contributed by atoms with Crippen molar-refractivity contribution in [2.45, 2.75) is 6.54 Å². The van der Waals surface area contributed by atoms with Crippen LogP contribution in [-0.2, 0) is 13.6 Å². The summed E-state index contributed by atoms with van der Waals surface area (Å²) in [5.41, 5.74) is 3.44. The molecule has 0 aliphatic rings. The van der Waals surface area contributed by atoms with E-state index >= 15 is 0 Å². The summed E-state index contributed by atoms with van der Waals surface area (Å²) < 4.78 is 2.02. The second-order valence-corrected chi connectivity index (χ2v) is 4.05. The van der Waals surface area contributed by atoms with Gasteiger partial charge in [0.15, 0.2) is 0 Å². The van der Waals surface area contributed by atoms with Crippen LogP contribution in [0.4, 0.5) is 0 Å². The molecular formula is C11H14ClN3. The number of imidazole rings is 1. The largest absolute Gasteiger partial charge is 0.334 e. The van der Waals surface area contributed by atoms with Crippen LogP contribution in [0.1, 0.15) is 5.56 Å². The highest BCUT2D eigenvalue weighted by atomic mass is 35.5. The molecule has 0 aliphatic heterocycles. The smallest absolute Gasteiger partial charge is 0.0955 e. The van der Waals surface area contributed by atoms with E-state index in [0.717, 1.165) is 17.6 Å². The van der Waals surface area contributed by atoms with Gasteiger partial charge in [0, 0.05) is 13.6 Å². The second kappa shape index (κ2) is 4.21. The van der Waals surface area contributed by atoms with Crippen molar-refractivity contribution in [3.05, 3.63) is 30.1 Å². The van der Waals surface area contributed by atoms with Crippen molar-refractivity contribution in [2.24, 2.45) is 7.05 Å². The number of benzene rings is 1. The van der Waals surface area contributed by atoms with Crippen LogP contribution in [-0.4, -0.2) is 27.5 Å². The number of fused-ring (bicyclic) bond motifs is 1. The van der Waals surface area contributed by atoms with E-state index in [0.29, 0.717) is 6.00 Å². The van der Waals surface area contributed by atoms with Crippen LogP contribution in [0.3, 0.4) is 0 Å². The zero-order valence-electron chi connectivity index (χ0n) is 8.94. The van der Waals surface area contributed by atoms with E-state index in [2.05, 4.69) is 23.2 Å². The van der Waals surface area contributed by atoms with Gasteiger partial charge >= 0.3 is 0 Å². The average molecular weight is 224 g/mol. The Kier molecular flexibility index (Phi) is 2.93. The average Bonchev–Trinajstić information content (AvgIpc) is 2.60. The van der Waals surface area contributed by atoms with E-state index < -0.39 is 0 Å². The summed E-state index contributed by atoms with van der Waals surface area (Å²) in [4.78, 5) is 6.37. The Morgan fingerprint density at radius 1 is 1.47 bits per heavy atom. The number of halogens is 1. The van der Waals surface area contributed by atoms with E-state index in [1.54, 1.807) is 0 Å². The second-order valence-electron chi connectivity index (χ2n) is 3.81. The fraction of sp³-hybridized carbons (Fsp3) is 0.364. The third kappa shape index (κ3) is 2.13. The van der Waals surface area contributed by atoms with Crippen molar-refractivity contribution < 1.29 is 0 Å². The first kappa shape index (κ1) is 10.5. The molecule has 2 aromatic rings. The molecule has 0 saturated carbocycles. The first-order valence-electron chi connectivity index (χ1n) is 4.85.